The largest absolute Gasteiger partial charge is 0.448 e. The molecule has 1 aromatic heterocycles. The van der Waals surface area contributed by atoms with E-state index in [2.05, 4.69) is 26.0 Å². The van der Waals surface area contributed by atoms with Crippen molar-refractivity contribution >= 4 is 29.0 Å². The monoisotopic (exact) mass is 731 g/mol. The lowest BCUT2D eigenvalue weighted by Gasteiger charge is -2.48. The lowest BCUT2D eigenvalue weighted by atomic mass is 9.64. The van der Waals surface area contributed by atoms with E-state index in [-0.39, 0.29) is 36.2 Å². The highest BCUT2D eigenvalue weighted by molar-refractivity contribution is 7.14. The van der Waals surface area contributed by atoms with Crippen molar-refractivity contribution in [2.75, 3.05) is 19.7 Å². The molecule has 1 aromatic carbocycles. The number of amides is 1. The summed E-state index contributed by atoms with van der Waals surface area (Å²) in [6.45, 7) is 13.2. The van der Waals surface area contributed by atoms with E-state index < -0.39 is 33.6 Å². The van der Waals surface area contributed by atoms with Gasteiger partial charge in [0.1, 0.15) is 0 Å². The molecule has 7 atom stereocenters. The van der Waals surface area contributed by atoms with E-state index in [0.29, 0.717) is 68.5 Å². The molecule has 282 valence electrons. The molecule has 2 saturated heterocycles. The molecule has 52 heavy (non-hydrogen) atoms. The highest BCUT2D eigenvalue weighted by atomic mass is 32.1. The van der Waals surface area contributed by atoms with Gasteiger partial charge >= 0.3 is 5.97 Å². The van der Waals surface area contributed by atoms with Crippen LogP contribution in [0.1, 0.15) is 136 Å². The normalized spacial score (nSPS) is 35.6. The molecule has 9 heteroatoms. The number of rotatable bonds is 7. The Morgan fingerprint density at radius 2 is 1.79 bits per heavy atom. The highest BCUT2D eigenvalue weighted by Crippen LogP contribution is 2.66. The van der Waals surface area contributed by atoms with Gasteiger partial charge in [0.25, 0.3) is 5.91 Å². The summed E-state index contributed by atoms with van der Waals surface area (Å²) in [4.78, 5) is 46.2. The molecule has 2 N–H and O–H groups in total. The van der Waals surface area contributed by atoms with Gasteiger partial charge in [0.15, 0.2) is 5.60 Å². The van der Waals surface area contributed by atoms with Gasteiger partial charge in [0.2, 0.25) is 5.78 Å². The molecule has 7 unspecified atom stereocenters. The first kappa shape index (κ1) is 37.5. The van der Waals surface area contributed by atoms with Gasteiger partial charge in [-0.3, -0.25) is 14.4 Å². The Labute approximate surface area is 313 Å². The van der Waals surface area contributed by atoms with Crippen LogP contribution in [0.3, 0.4) is 0 Å². The van der Waals surface area contributed by atoms with Crippen molar-refractivity contribution in [3.8, 4) is 0 Å². The Hall–Kier alpha value is -2.85. The molecule has 1 amide bonds. The van der Waals surface area contributed by atoms with Gasteiger partial charge in [0.05, 0.1) is 34.6 Å². The summed E-state index contributed by atoms with van der Waals surface area (Å²) in [7, 11) is 0. The van der Waals surface area contributed by atoms with E-state index in [0.717, 1.165) is 41.7 Å². The number of fused-ring (bicyclic) bond motifs is 10. The molecule has 4 aliphatic carbocycles. The van der Waals surface area contributed by atoms with E-state index >= 15 is 4.79 Å². The van der Waals surface area contributed by atoms with Crippen molar-refractivity contribution in [1.82, 2.24) is 4.90 Å². The van der Waals surface area contributed by atoms with Gasteiger partial charge < -0.3 is 24.6 Å². The van der Waals surface area contributed by atoms with Crippen LogP contribution < -0.4 is 0 Å². The number of carbonyl (C=O) groups is 3. The van der Waals surface area contributed by atoms with E-state index in [9.17, 15) is 19.8 Å². The Kier molecular flexibility index (Phi) is 9.70. The summed E-state index contributed by atoms with van der Waals surface area (Å²) in [6, 6.07) is 9.94. The van der Waals surface area contributed by atoms with Crippen LogP contribution >= 0.6 is 11.3 Å². The second-order valence-corrected chi connectivity index (χ2v) is 19.0. The van der Waals surface area contributed by atoms with E-state index in [1.165, 1.54) is 16.9 Å². The lowest BCUT2D eigenvalue weighted by Crippen LogP contribution is -2.61. The molecule has 3 heterocycles. The number of aliphatic hydroxyl groups excluding tert-OH is 1. The smallest absolute Gasteiger partial charge is 0.313 e. The zero-order chi connectivity index (χ0) is 37.3. The number of ether oxygens (including phenoxy) is 2. The minimum Gasteiger partial charge on any atom is -0.448 e. The van der Waals surface area contributed by atoms with Gasteiger partial charge in [-0.15, -0.1) is 11.3 Å². The van der Waals surface area contributed by atoms with E-state index in [4.69, 9.17) is 9.47 Å². The maximum atomic E-state index is 15.1. The topological polar surface area (TPSA) is 113 Å². The van der Waals surface area contributed by atoms with Crippen LogP contribution in [0.2, 0.25) is 0 Å². The van der Waals surface area contributed by atoms with Gasteiger partial charge in [-0.05, 0) is 127 Å². The van der Waals surface area contributed by atoms with Crippen molar-refractivity contribution in [1.29, 1.82) is 0 Å². The number of thiophene rings is 1. The average molecular weight is 732 g/mol. The first-order chi connectivity index (χ1) is 24.5. The number of aryl methyl sites for hydroxylation is 1. The molecule has 6 aliphatic rings. The number of aliphatic hydroxyl groups is 2. The summed E-state index contributed by atoms with van der Waals surface area (Å²) in [5.74, 6) is -0.745. The third kappa shape index (κ3) is 5.93. The van der Waals surface area contributed by atoms with Crippen molar-refractivity contribution in [2.24, 2.45) is 16.2 Å². The molecule has 2 saturated carbocycles. The standard InChI is InChI=1S/C43H57NO7S/c1-27-9-7-18-40(5)34(32-15-13-29(23-30(45)14-11-27)24-33(32)36(46)35-16-12-28(2)52-35)17-19-42(40,49)26-44(25-31-10-8-22-50-31)37(47)43-21-20-41(6,38(48)51-43)39(43,3)4/h9,12-13,15-16,24,30-31,34,45,49H,7-8,10-11,14,17-23,25-26H2,1-6H3. The Bertz CT molecular complexity index is 1770. The van der Waals surface area contributed by atoms with Crippen LogP contribution in [0.5, 0.6) is 0 Å². The summed E-state index contributed by atoms with van der Waals surface area (Å²) in [5.41, 5.74) is -1.10. The number of ketones is 1. The van der Waals surface area contributed by atoms with Crippen LogP contribution in [0, 0.1) is 23.2 Å². The molecule has 2 aromatic rings. The Morgan fingerprint density at radius 3 is 2.44 bits per heavy atom. The number of nitrogens with zero attached hydrogens (tertiary/aromatic N) is 1. The summed E-state index contributed by atoms with van der Waals surface area (Å²) in [5, 5.41) is 24.2. The zero-order valence-electron chi connectivity index (χ0n) is 31.9. The fraction of sp³-hybridized carbons (Fsp3) is 0.651. The Morgan fingerprint density at radius 1 is 1.00 bits per heavy atom. The summed E-state index contributed by atoms with van der Waals surface area (Å²) in [6.07, 6.45) is 8.67. The quantitative estimate of drug-likeness (QED) is 0.173. The maximum absolute atomic E-state index is 15.1. The molecule has 0 radical (unpaired) electrons. The molecular weight excluding hydrogens is 675 g/mol. The first-order valence-electron chi connectivity index (χ1n) is 19.5. The van der Waals surface area contributed by atoms with Crippen molar-refractivity contribution in [3.63, 3.8) is 0 Å². The predicted octanol–water partition coefficient (Wildman–Crippen LogP) is 7.46. The maximum Gasteiger partial charge on any atom is 0.313 e. The molecule has 2 aliphatic heterocycles. The molecule has 8 nitrogen and oxygen atoms in total. The number of benzene rings is 1. The second-order valence-electron chi connectivity index (χ2n) is 17.7. The zero-order valence-corrected chi connectivity index (χ0v) is 32.7. The van der Waals surface area contributed by atoms with Crippen LogP contribution in [-0.4, -0.2) is 75.9 Å². The number of hydrogen-bond acceptors (Lipinski definition) is 8. The number of esters is 1. The highest BCUT2D eigenvalue weighted by Gasteiger charge is 2.76. The van der Waals surface area contributed by atoms with Crippen LogP contribution in [-0.2, 0) is 25.5 Å². The molecule has 0 spiro atoms. The summed E-state index contributed by atoms with van der Waals surface area (Å²) < 4.78 is 12.2. The second kappa shape index (κ2) is 13.5. The fourth-order valence-corrected chi connectivity index (χ4v) is 11.3. The van der Waals surface area contributed by atoms with Crippen LogP contribution in [0.15, 0.2) is 42.0 Å². The van der Waals surface area contributed by atoms with Crippen molar-refractivity contribution < 1.29 is 34.1 Å². The van der Waals surface area contributed by atoms with Crippen molar-refractivity contribution in [2.45, 2.75) is 141 Å². The SMILES string of the molecule is CC1=CCCC2(C)C(CCC2(O)CN(CC2CCCO2)C(=O)C23CCC(C)(C(=O)O2)C3(C)C)c2ccc(cc2C(=O)c2ccc(C)s2)CC(O)CC1. The molecule has 4 fully saturated rings. The third-order valence-corrected chi connectivity index (χ3v) is 15.5. The van der Waals surface area contributed by atoms with Crippen LogP contribution in [0.25, 0.3) is 0 Å². The molecule has 4 bridgehead atoms. The Balaban J connectivity index is 1.30. The van der Waals surface area contributed by atoms with Gasteiger partial charge in [0, 0.05) is 34.4 Å². The van der Waals surface area contributed by atoms with Gasteiger partial charge in [-0.25, -0.2) is 0 Å². The fourth-order valence-electron chi connectivity index (χ4n) is 10.4. The molecular formula is C43H57NO7S. The van der Waals surface area contributed by atoms with Crippen LogP contribution in [0.4, 0.5) is 0 Å². The van der Waals surface area contributed by atoms with E-state index in [1.807, 2.05) is 52.0 Å². The number of hydrogen-bond donors (Lipinski definition) is 2. The third-order valence-electron chi connectivity index (χ3n) is 14.5. The summed E-state index contributed by atoms with van der Waals surface area (Å²) >= 11 is 1.48. The minimum atomic E-state index is -1.30. The minimum absolute atomic E-state index is 0.0334. The van der Waals surface area contributed by atoms with Crippen molar-refractivity contribution in [3.05, 3.63) is 68.4 Å². The van der Waals surface area contributed by atoms with Gasteiger partial charge in [-0.1, -0.05) is 44.6 Å². The molecule has 8 rings (SSSR count). The predicted molar refractivity (Wildman–Crippen MR) is 201 cm³/mol. The lowest BCUT2D eigenvalue weighted by molar-refractivity contribution is -0.178. The number of allylic oxidation sites excluding steroid dienone is 2. The first-order valence-corrected chi connectivity index (χ1v) is 20.3. The number of carbonyl (C=O) groups excluding carboxylic acids is 3. The average Bonchev–Trinajstić information content (AvgIpc) is 3.89. The van der Waals surface area contributed by atoms with E-state index in [1.54, 1.807) is 4.90 Å². The van der Waals surface area contributed by atoms with Gasteiger partial charge in [-0.2, -0.15) is 0 Å².